The van der Waals surface area contributed by atoms with Crippen LogP contribution in [0.1, 0.15) is 19.8 Å². The van der Waals surface area contributed by atoms with Crippen LogP contribution in [0, 0.1) is 0 Å². The molecular formula is C20H24N4O2S. The molecule has 27 heavy (non-hydrogen) atoms. The molecule has 7 heteroatoms. The zero-order valence-corrected chi connectivity index (χ0v) is 16.5. The third kappa shape index (κ3) is 5.23. The fourth-order valence-electron chi connectivity index (χ4n) is 2.62. The molecule has 3 rings (SSSR count). The van der Waals surface area contributed by atoms with E-state index < -0.39 is 0 Å². The molecule has 0 radical (unpaired) electrons. The van der Waals surface area contributed by atoms with E-state index in [4.69, 9.17) is 9.47 Å². The third-order valence-corrected chi connectivity index (χ3v) is 5.00. The van der Waals surface area contributed by atoms with Crippen molar-refractivity contribution in [2.45, 2.75) is 31.5 Å². The van der Waals surface area contributed by atoms with Gasteiger partial charge in [0.2, 0.25) is 0 Å². The largest absolute Gasteiger partial charge is 0.497 e. The van der Waals surface area contributed by atoms with Gasteiger partial charge in [0, 0.05) is 30.3 Å². The van der Waals surface area contributed by atoms with E-state index in [1.807, 2.05) is 36.4 Å². The Morgan fingerprint density at radius 3 is 2.44 bits per heavy atom. The molecule has 0 fully saturated rings. The molecule has 2 heterocycles. The Hall–Kier alpha value is -2.54. The Balaban J connectivity index is 1.52. The normalized spacial score (nSPS) is 10.7. The molecule has 3 aromatic rings. The first-order valence-electron chi connectivity index (χ1n) is 9.05. The molecule has 0 amide bonds. The molecule has 0 N–H and O–H groups in total. The molecule has 0 saturated carbocycles. The van der Waals surface area contributed by atoms with Crippen LogP contribution in [0.2, 0.25) is 0 Å². The van der Waals surface area contributed by atoms with Crippen LogP contribution in [0.15, 0.2) is 53.9 Å². The van der Waals surface area contributed by atoms with E-state index in [-0.39, 0.29) is 0 Å². The first-order chi connectivity index (χ1) is 13.3. The summed E-state index contributed by atoms with van der Waals surface area (Å²) in [7, 11) is 1.66. The van der Waals surface area contributed by atoms with E-state index in [1.54, 1.807) is 31.3 Å². The topological polar surface area (TPSA) is 62.1 Å². The van der Waals surface area contributed by atoms with Crippen molar-refractivity contribution in [3.63, 3.8) is 0 Å². The van der Waals surface area contributed by atoms with Crippen LogP contribution in [0.4, 0.5) is 0 Å². The molecule has 6 nitrogen and oxygen atoms in total. The zero-order chi connectivity index (χ0) is 18.9. The molecule has 0 saturated heterocycles. The van der Waals surface area contributed by atoms with Gasteiger partial charge >= 0.3 is 0 Å². The van der Waals surface area contributed by atoms with Crippen LogP contribution < -0.4 is 9.47 Å². The van der Waals surface area contributed by atoms with Crippen molar-refractivity contribution in [1.29, 1.82) is 0 Å². The Kier molecular flexibility index (Phi) is 7.10. The van der Waals surface area contributed by atoms with E-state index in [1.165, 1.54) is 0 Å². The number of benzene rings is 1. The van der Waals surface area contributed by atoms with Gasteiger partial charge in [-0.25, -0.2) is 0 Å². The molecule has 2 aromatic heterocycles. The number of nitrogens with zero attached hydrogens (tertiary/aromatic N) is 4. The SMILES string of the molecule is CCCn1c(SCCCOc2ccc(OC)cc2)nnc1-c1ccncc1. The number of pyridine rings is 1. The summed E-state index contributed by atoms with van der Waals surface area (Å²) < 4.78 is 13.1. The number of rotatable bonds is 10. The molecule has 0 aliphatic rings. The lowest BCUT2D eigenvalue weighted by atomic mass is 10.2. The van der Waals surface area contributed by atoms with Crippen LogP contribution in [-0.2, 0) is 6.54 Å². The average Bonchev–Trinajstić information content (AvgIpc) is 3.12. The lowest BCUT2D eigenvalue weighted by Gasteiger charge is -2.09. The quantitative estimate of drug-likeness (QED) is 0.383. The predicted molar refractivity (Wildman–Crippen MR) is 107 cm³/mol. The summed E-state index contributed by atoms with van der Waals surface area (Å²) in [6, 6.07) is 11.6. The van der Waals surface area contributed by atoms with Gasteiger partial charge in [0.25, 0.3) is 0 Å². The molecule has 142 valence electrons. The molecule has 0 unspecified atom stereocenters. The second-order valence-corrected chi connectivity index (χ2v) is 6.98. The standard InChI is InChI=1S/C20H24N4O2S/c1-3-13-24-19(16-9-11-21-12-10-16)22-23-20(24)27-15-4-14-26-18-7-5-17(25-2)6-8-18/h5-12H,3-4,13-15H2,1-2H3. The van der Waals surface area contributed by atoms with Crippen LogP contribution >= 0.6 is 11.8 Å². The molecule has 0 aliphatic carbocycles. The van der Waals surface area contributed by atoms with Gasteiger partial charge in [-0.05, 0) is 49.2 Å². The Labute approximate surface area is 163 Å². The fourth-order valence-corrected chi connectivity index (χ4v) is 3.50. The van der Waals surface area contributed by atoms with Gasteiger partial charge in [-0.1, -0.05) is 18.7 Å². The second-order valence-electron chi connectivity index (χ2n) is 5.92. The monoisotopic (exact) mass is 384 g/mol. The highest BCUT2D eigenvalue weighted by atomic mass is 32.2. The number of aromatic nitrogens is 4. The highest BCUT2D eigenvalue weighted by Gasteiger charge is 2.13. The maximum atomic E-state index is 5.78. The minimum absolute atomic E-state index is 0.665. The van der Waals surface area contributed by atoms with E-state index in [2.05, 4.69) is 26.7 Å². The summed E-state index contributed by atoms with van der Waals surface area (Å²) >= 11 is 1.72. The first-order valence-corrected chi connectivity index (χ1v) is 10.0. The number of ether oxygens (including phenoxy) is 2. The molecule has 1 aromatic carbocycles. The van der Waals surface area contributed by atoms with Crippen LogP contribution in [0.25, 0.3) is 11.4 Å². The van der Waals surface area contributed by atoms with E-state index in [0.717, 1.165) is 53.2 Å². The van der Waals surface area contributed by atoms with Crippen molar-refractivity contribution in [1.82, 2.24) is 19.7 Å². The maximum Gasteiger partial charge on any atom is 0.191 e. The first kappa shape index (κ1) is 19.2. The Bertz CT molecular complexity index is 822. The molecule has 0 bridgehead atoms. The number of hydrogen-bond donors (Lipinski definition) is 0. The van der Waals surface area contributed by atoms with Gasteiger partial charge in [-0.3, -0.25) is 4.98 Å². The summed E-state index contributed by atoms with van der Waals surface area (Å²) in [4.78, 5) is 4.07. The Morgan fingerprint density at radius 1 is 1.00 bits per heavy atom. The molecule has 0 spiro atoms. The minimum atomic E-state index is 0.665. The van der Waals surface area contributed by atoms with E-state index >= 15 is 0 Å². The lowest BCUT2D eigenvalue weighted by Crippen LogP contribution is -2.03. The van der Waals surface area contributed by atoms with Gasteiger partial charge < -0.3 is 14.0 Å². The molecular weight excluding hydrogens is 360 g/mol. The summed E-state index contributed by atoms with van der Waals surface area (Å²) in [6.45, 7) is 3.72. The van der Waals surface area contributed by atoms with Crippen molar-refractivity contribution in [3.8, 4) is 22.9 Å². The molecule has 0 atom stereocenters. The summed E-state index contributed by atoms with van der Waals surface area (Å²) in [5, 5.41) is 9.73. The van der Waals surface area contributed by atoms with Crippen LogP contribution in [-0.4, -0.2) is 39.2 Å². The fraction of sp³-hybridized carbons (Fsp3) is 0.350. The van der Waals surface area contributed by atoms with E-state index in [9.17, 15) is 0 Å². The smallest absolute Gasteiger partial charge is 0.191 e. The van der Waals surface area contributed by atoms with Crippen LogP contribution in [0.5, 0.6) is 11.5 Å². The zero-order valence-electron chi connectivity index (χ0n) is 15.7. The maximum absolute atomic E-state index is 5.78. The van der Waals surface area contributed by atoms with Crippen molar-refractivity contribution in [2.24, 2.45) is 0 Å². The molecule has 0 aliphatic heterocycles. The van der Waals surface area contributed by atoms with Crippen molar-refractivity contribution >= 4 is 11.8 Å². The second kappa shape index (κ2) is 9.97. The van der Waals surface area contributed by atoms with Gasteiger partial charge in [0.15, 0.2) is 11.0 Å². The van der Waals surface area contributed by atoms with Gasteiger partial charge in [-0.2, -0.15) is 0 Å². The van der Waals surface area contributed by atoms with E-state index in [0.29, 0.717) is 6.61 Å². The number of methoxy groups -OCH3 is 1. The number of hydrogen-bond acceptors (Lipinski definition) is 6. The van der Waals surface area contributed by atoms with Crippen molar-refractivity contribution in [2.75, 3.05) is 19.5 Å². The lowest BCUT2D eigenvalue weighted by molar-refractivity contribution is 0.318. The third-order valence-electron chi connectivity index (χ3n) is 3.95. The van der Waals surface area contributed by atoms with Crippen LogP contribution in [0.3, 0.4) is 0 Å². The average molecular weight is 385 g/mol. The summed E-state index contributed by atoms with van der Waals surface area (Å²) in [6.07, 6.45) is 5.53. The number of thioether (sulfide) groups is 1. The minimum Gasteiger partial charge on any atom is -0.497 e. The highest BCUT2D eigenvalue weighted by Crippen LogP contribution is 2.24. The van der Waals surface area contributed by atoms with Crippen molar-refractivity contribution in [3.05, 3.63) is 48.8 Å². The van der Waals surface area contributed by atoms with Gasteiger partial charge in [-0.15, -0.1) is 10.2 Å². The van der Waals surface area contributed by atoms with Gasteiger partial charge in [0.05, 0.1) is 13.7 Å². The highest BCUT2D eigenvalue weighted by molar-refractivity contribution is 7.99. The summed E-state index contributed by atoms with van der Waals surface area (Å²) in [5.41, 5.74) is 1.04. The van der Waals surface area contributed by atoms with Crippen molar-refractivity contribution < 1.29 is 9.47 Å². The predicted octanol–water partition coefficient (Wildman–Crippen LogP) is 4.32. The van der Waals surface area contributed by atoms with Gasteiger partial charge in [0.1, 0.15) is 11.5 Å². The summed E-state index contributed by atoms with van der Waals surface area (Å²) in [5.74, 6) is 3.51. The Morgan fingerprint density at radius 2 is 1.74 bits per heavy atom.